The molecule has 2 rings (SSSR count). The van der Waals surface area contributed by atoms with Gasteiger partial charge < -0.3 is 10.1 Å². The fourth-order valence-electron chi connectivity index (χ4n) is 1.91. The maximum absolute atomic E-state index is 5.66. The molecule has 1 aliphatic heterocycles. The smallest absolute Gasteiger partial charge is 0.114 e. The monoisotopic (exact) mass is 329 g/mol. The largest absolute Gasteiger partial charge is 0.496 e. The Morgan fingerprint density at radius 2 is 2.38 bits per heavy atom. The van der Waals surface area contributed by atoms with Gasteiger partial charge in [-0.15, -0.1) is 0 Å². The van der Waals surface area contributed by atoms with Gasteiger partial charge in [-0.05, 0) is 52.9 Å². The predicted molar refractivity (Wildman–Crippen MR) is 74.2 cm³/mol. The first-order valence-corrected chi connectivity index (χ1v) is 6.71. The summed E-state index contributed by atoms with van der Waals surface area (Å²) in [5, 5.41) is 3.47. The van der Waals surface area contributed by atoms with Crippen LogP contribution in [0.15, 0.2) is 36.1 Å². The van der Waals surface area contributed by atoms with E-state index in [1.165, 1.54) is 9.13 Å². The number of halogens is 1. The standard InChI is InChI=1S/C13H16INO/c1-2-15-13(12-7-4-8-16-12)10-5-3-6-11(14)9-10/h3,5-7,9,13,15H,2,4,8H2,1H3. The lowest BCUT2D eigenvalue weighted by molar-refractivity contribution is 0.216. The number of benzene rings is 1. The predicted octanol–water partition coefficient (Wildman–Crippen LogP) is 3.25. The molecule has 2 nitrogen and oxygen atoms in total. The highest BCUT2D eigenvalue weighted by Crippen LogP contribution is 2.27. The molecule has 1 atom stereocenters. The fourth-order valence-corrected chi connectivity index (χ4v) is 2.48. The lowest BCUT2D eigenvalue weighted by Gasteiger charge is -2.19. The third kappa shape index (κ3) is 2.77. The Morgan fingerprint density at radius 3 is 3.00 bits per heavy atom. The summed E-state index contributed by atoms with van der Waals surface area (Å²) >= 11 is 2.34. The van der Waals surface area contributed by atoms with Gasteiger partial charge in [-0.25, -0.2) is 0 Å². The second-order valence-corrected chi connectivity index (χ2v) is 5.03. The number of rotatable bonds is 4. The van der Waals surface area contributed by atoms with Gasteiger partial charge in [0.25, 0.3) is 0 Å². The molecular formula is C13H16INO. The van der Waals surface area contributed by atoms with Crippen molar-refractivity contribution in [2.75, 3.05) is 13.2 Å². The van der Waals surface area contributed by atoms with Crippen LogP contribution in [0.1, 0.15) is 24.9 Å². The first-order chi connectivity index (χ1) is 7.81. The Kier molecular flexibility index (Phi) is 4.23. The maximum atomic E-state index is 5.66. The summed E-state index contributed by atoms with van der Waals surface area (Å²) in [6, 6.07) is 8.77. The molecule has 0 radical (unpaired) electrons. The molecule has 0 aromatic heterocycles. The van der Waals surface area contributed by atoms with E-state index in [-0.39, 0.29) is 6.04 Å². The number of nitrogens with one attached hydrogen (secondary N) is 1. The van der Waals surface area contributed by atoms with Crippen molar-refractivity contribution in [1.82, 2.24) is 5.32 Å². The molecule has 1 N–H and O–H groups in total. The SMILES string of the molecule is CCNC(C1=CCCO1)c1cccc(I)c1. The van der Waals surface area contributed by atoms with E-state index < -0.39 is 0 Å². The van der Waals surface area contributed by atoms with E-state index >= 15 is 0 Å². The molecule has 1 aliphatic rings. The zero-order valence-corrected chi connectivity index (χ0v) is 11.5. The van der Waals surface area contributed by atoms with Crippen LogP contribution in [0.2, 0.25) is 0 Å². The highest BCUT2D eigenvalue weighted by atomic mass is 127. The van der Waals surface area contributed by atoms with Gasteiger partial charge in [-0.3, -0.25) is 0 Å². The van der Waals surface area contributed by atoms with Gasteiger partial charge >= 0.3 is 0 Å². The minimum atomic E-state index is 0.210. The summed E-state index contributed by atoms with van der Waals surface area (Å²) in [6.07, 6.45) is 3.22. The minimum Gasteiger partial charge on any atom is -0.496 e. The van der Waals surface area contributed by atoms with Crippen LogP contribution < -0.4 is 5.32 Å². The fraction of sp³-hybridized carbons (Fsp3) is 0.385. The Balaban J connectivity index is 2.24. The van der Waals surface area contributed by atoms with Gasteiger partial charge in [0.1, 0.15) is 5.76 Å². The Labute approximate surface area is 110 Å². The van der Waals surface area contributed by atoms with Crippen molar-refractivity contribution >= 4 is 22.6 Å². The number of hydrogen-bond donors (Lipinski definition) is 1. The summed E-state index contributed by atoms with van der Waals surface area (Å²) in [4.78, 5) is 0. The molecular weight excluding hydrogens is 313 g/mol. The van der Waals surface area contributed by atoms with E-state index in [1.54, 1.807) is 0 Å². The van der Waals surface area contributed by atoms with Crippen LogP contribution >= 0.6 is 22.6 Å². The molecule has 0 saturated heterocycles. The van der Waals surface area contributed by atoms with Crippen molar-refractivity contribution in [2.45, 2.75) is 19.4 Å². The summed E-state index contributed by atoms with van der Waals surface area (Å²) in [7, 11) is 0. The third-order valence-corrected chi connectivity index (χ3v) is 3.28. The van der Waals surface area contributed by atoms with E-state index in [9.17, 15) is 0 Å². The van der Waals surface area contributed by atoms with Crippen LogP contribution in [-0.2, 0) is 4.74 Å². The van der Waals surface area contributed by atoms with Crippen LogP contribution in [0.25, 0.3) is 0 Å². The molecule has 1 unspecified atom stereocenters. The Morgan fingerprint density at radius 1 is 1.50 bits per heavy atom. The van der Waals surface area contributed by atoms with Crippen molar-refractivity contribution in [1.29, 1.82) is 0 Å². The Hall–Kier alpha value is -0.550. The summed E-state index contributed by atoms with van der Waals surface area (Å²) in [5.74, 6) is 1.07. The molecule has 1 aromatic rings. The van der Waals surface area contributed by atoms with Crippen LogP contribution in [0.4, 0.5) is 0 Å². The van der Waals surface area contributed by atoms with Crippen LogP contribution in [-0.4, -0.2) is 13.2 Å². The summed E-state index contributed by atoms with van der Waals surface area (Å²) in [6.45, 7) is 3.88. The van der Waals surface area contributed by atoms with E-state index in [0.29, 0.717) is 0 Å². The molecule has 0 aliphatic carbocycles. The molecule has 1 aromatic carbocycles. The molecule has 16 heavy (non-hydrogen) atoms. The molecule has 0 saturated carbocycles. The first kappa shape index (κ1) is 11.9. The number of likely N-dealkylation sites (N-methyl/N-ethyl adjacent to an activating group) is 1. The molecule has 0 fully saturated rings. The van der Waals surface area contributed by atoms with E-state index in [1.807, 2.05) is 0 Å². The third-order valence-electron chi connectivity index (χ3n) is 2.61. The molecule has 0 spiro atoms. The average molecular weight is 329 g/mol. The van der Waals surface area contributed by atoms with Gasteiger partial charge in [-0.2, -0.15) is 0 Å². The molecule has 3 heteroatoms. The second kappa shape index (κ2) is 5.68. The van der Waals surface area contributed by atoms with Crippen molar-refractivity contribution < 1.29 is 4.74 Å². The lowest BCUT2D eigenvalue weighted by atomic mass is 10.0. The Bertz CT molecular complexity index is 389. The second-order valence-electron chi connectivity index (χ2n) is 3.79. The minimum absolute atomic E-state index is 0.210. The van der Waals surface area contributed by atoms with Crippen molar-refractivity contribution in [3.05, 3.63) is 45.2 Å². The normalized spacial score (nSPS) is 16.8. The van der Waals surface area contributed by atoms with Gasteiger partial charge in [0.15, 0.2) is 0 Å². The lowest BCUT2D eigenvalue weighted by Crippen LogP contribution is -2.23. The first-order valence-electron chi connectivity index (χ1n) is 5.63. The van der Waals surface area contributed by atoms with Crippen molar-refractivity contribution in [3.8, 4) is 0 Å². The van der Waals surface area contributed by atoms with Crippen LogP contribution in [0, 0.1) is 3.57 Å². The van der Waals surface area contributed by atoms with Gasteiger partial charge in [0.05, 0.1) is 12.6 Å². The zero-order valence-electron chi connectivity index (χ0n) is 9.37. The van der Waals surface area contributed by atoms with Gasteiger partial charge in [-0.1, -0.05) is 19.1 Å². The highest BCUT2D eigenvalue weighted by molar-refractivity contribution is 14.1. The molecule has 0 amide bonds. The van der Waals surface area contributed by atoms with Crippen molar-refractivity contribution in [2.24, 2.45) is 0 Å². The van der Waals surface area contributed by atoms with Crippen LogP contribution in [0.3, 0.4) is 0 Å². The van der Waals surface area contributed by atoms with Crippen LogP contribution in [0.5, 0.6) is 0 Å². The van der Waals surface area contributed by atoms with E-state index in [4.69, 9.17) is 4.74 Å². The molecule has 0 bridgehead atoms. The zero-order chi connectivity index (χ0) is 11.4. The van der Waals surface area contributed by atoms with E-state index in [2.05, 4.69) is 65.2 Å². The average Bonchev–Trinajstić information content (AvgIpc) is 2.79. The molecule has 86 valence electrons. The quantitative estimate of drug-likeness (QED) is 0.857. The van der Waals surface area contributed by atoms with Crippen molar-refractivity contribution in [3.63, 3.8) is 0 Å². The number of ether oxygens (including phenoxy) is 1. The highest BCUT2D eigenvalue weighted by Gasteiger charge is 2.19. The maximum Gasteiger partial charge on any atom is 0.114 e. The van der Waals surface area contributed by atoms with Gasteiger partial charge in [0, 0.05) is 9.99 Å². The van der Waals surface area contributed by atoms with Gasteiger partial charge in [0.2, 0.25) is 0 Å². The van der Waals surface area contributed by atoms with E-state index in [0.717, 1.165) is 25.3 Å². The summed E-state index contributed by atoms with van der Waals surface area (Å²) in [5.41, 5.74) is 1.28. The number of hydrogen-bond acceptors (Lipinski definition) is 2. The molecule has 1 heterocycles. The summed E-state index contributed by atoms with van der Waals surface area (Å²) < 4.78 is 6.92. The topological polar surface area (TPSA) is 21.3 Å².